The molecule has 0 spiro atoms. The van der Waals surface area contributed by atoms with Crippen molar-refractivity contribution < 1.29 is 4.74 Å². The van der Waals surface area contributed by atoms with Gasteiger partial charge in [-0.25, -0.2) is 0 Å². The Bertz CT molecular complexity index is 913. The Labute approximate surface area is 183 Å². The van der Waals surface area contributed by atoms with Gasteiger partial charge in [0.1, 0.15) is 11.8 Å². The maximum atomic E-state index is 6.14. The summed E-state index contributed by atoms with van der Waals surface area (Å²) in [5, 5.41) is 1.17. The fraction of sp³-hybridized carbons (Fsp3) is 0.500. The number of thioether (sulfide) groups is 1. The van der Waals surface area contributed by atoms with Gasteiger partial charge in [-0.3, -0.25) is 9.98 Å². The molecule has 0 aliphatic carbocycles. The van der Waals surface area contributed by atoms with Crippen LogP contribution in [0.2, 0.25) is 0 Å². The van der Waals surface area contributed by atoms with E-state index in [9.17, 15) is 0 Å². The van der Waals surface area contributed by atoms with Crippen molar-refractivity contribution >= 4 is 22.6 Å². The molecule has 0 unspecified atom stereocenters. The van der Waals surface area contributed by atoms with Crippen molar-refractivity contribution in [2.45, 2.75) is 51.2 Å². The lowest BCUT2D eigenvalue weighted by Gasteiger charge is -2.32. The fourth-order valence-electron chi connectivity index (χ4n) is 4.91. The predicted molar refractivity (Wildman–Crippen MR) is 125 cm³/mol. The van der Waals surface area contributed by atoms with Gasteiger partial charge in [-0.1, -0.05) is 30.8 Å². The van der Waals surface area contributed by atoms with Gasteiger partial charge in [0.25, 0.3) is 0 Å². The number of anilines is 1. The molecular weight excluding hydrogens is 392 g/mol. The molecule has 2 fully saturated rings. The van der Waals surface area contributed by atoms with E-state index in [-0.39, 0.29) is 12.1 Å². The van der Waals surface area contributed by atoms with Crippen LogP contribution in [0, 0.1) is 0 Å². The van der Waals surface area contributed by atoms with E-state index in [1.165, 1.54) is 29.3 Å². The van der Waals surface area contributed by atoms with Crippen LogP contribution >= 0.6 is 11.8 Å². The van der Waals surface area contributed by atoms with Crippen molar-refractivity contribution in [1.82, 2.24) is 9.88 Å². The predicted octanol–water partition coefficient (Wildman–Crippen LogP) is 5.06. The molecule has 1 aromatic heterocycles. The summed E-state index contributed by atoms with van der Waals surface area (Å²) in [5.41, 5.74) is 3.55. The third kappa shape index (κ3) is 3.45. The Balaban J connectivity index is 1.56. The average Bonchev–Trinajstić information content (AvgIpc) is 3.51. The molecule has 4 heterocycles. The topological polar surface area (TPSA) is 41.0 Å². The Morgan fingerprint density at radius 2 is 2.00 bits per heavy atom. The summed E-state index contributed by atoms with van der Waals surface area (Å²) in [4.78, 5) is 14.8. The zero-order chi connectivity index (χ0) is 20.5. The lowest BCUT2D eigenvalue weighted by atomic mass is 9.94. The highest BCUT2D eigenvalue weighted by molar-refractivity contribution is 8.14. The summed E-state index contributed by atoms with van der Waals surface area (Å²) in [6, 6.07) is 13.7. The van der Waals surface area contributed by atoms with Crippen LogP contribution in [0.5, 0.6) is 5.75 Å². The minimum atomic E-state index is 0.0233. The van der Waals surface area contributed by atoms with E-state index in [4.69, 9.17) is 9.73 Å². The number of pyridine rings is 1. The average molecular weight is 423 g/mol. The molecular formula is C24H30N4OS. The monoisotopic (exact) mass is 422 g/mol. The van der Waals surface area contributed by atoms with E-state index >= 15 is 0 Å². The summed E-state index contributed by atoms with van der Waals surface area (Å²) >= 11 is 1.89. The summed E-state index contributed by atoms with van der Waals surface area (Å²) in [6.07, 6.45) is 5.53. The minimum absolute atomic E-state index is 0.0233. The summed E-state index contributed by atoms with van der Waals surface area (Å²) in [7, 11) is 0. The summed E-state index contributed by atoms with van der Waals surface area (Å²) in [6.45, 7) is 7.26. The standard InChI is InChI=1S/C24H30N4OS/c1-3-18-16-30-24-26-22(19-9-5-6-12-25-19)23(28(18)24)17-10-11-20(21(15-17)29-4-2)27-13-7-8-14-27/h5-6,9-12,15,18,22-23H,3-4,7-8,13-14,16H2,1-2H3/t18-,22-,23+/m0/s1. The molecule has 6 heteroatoms. The molecule has 5 rings (SSSR count). The number of hydrogen-bond donors (Lipinski definition) is 0. The fourth-order valence-corrected chi connectivity index (χ4v) is 6.25. The molecule has 0 N–H and O–H groups in total. The summed E-state index contributed by atoms with van der Waals surface area (Å²) < 4.78 is 6.14. The number of aliphatic imine (C=N–C) groups is 1. The van der Waals surface area contributed by atoms with Gasteiger partial charge in [0.2, 0.25) is 0 Å². The highest BCUT2D eigenvalue weighted by atomic mass is 32.2. The van der Waals surface area contributed by atoms with Gasteiger partial charge in [-0.15, -0.1) is 0 Å². The Morgan fingerprint density at radius 3 is 2.73 bits per heavy atom. The summed E-state index contributed by atoms with van der Waals surface area (Å²) in [5.74, 6) is 2.12. The van der Waals surface area contributed by atoms with Gasteiger partial charge < -0.3 is 14.5 Å². The number of hydrogen-bond acceptors (Lipinski definition) is 6. The quantitative estimate of drug-likeness (QED) is 0.651. The molecule has 2 aromatic rings. The SMILES string of the molecule is CCOc1cc([C@@H]2[C@H](c3ccccn3)N=C3SC[C@H](CC)N32)ccc1N1CCCC1. The first-order valence-corrected chi connectivity index (χ1v) is 12.2. The molecule has 0 saturated carbocycles. The van der Waals surface area contributed by atoms with E-state index in [0.717, 1.165) is 36.7 Å². The van der Waals surface area contributed by atoms with Crippen LogP contribution in [0.3, 0.4) is 0 Å². The molecule has 158 valence electrons. The number of fused-ring (bicyclic) bond motifs is 1. The molecule has 0 amide bonds. The van der Waals surface area contributed by atoms with E-state index in [0.29, 0.717) is 12.6 Å². The smallest absolute Gasteiger partial charge is 0.160 e. The van der Waals surface area contributed by atoms with Gasteiger partial charge in [-0.05, 0) is 56.0 Å². The number of nitrogens with zero attached hydrogens (tertiary/aromatic N) is 4. The van der Waals surface area contributed by atoms with Crippen molar-refractivity contribution in [3.05, 3.63) is 53.9 Å². The second-order valence-corrected chi connectivity index (χ2v) is 9.18. The van der Waals surface area contributed by atoms with Crippen LogP contribution in [0.25, 0.3) is 0 Å². The van der Waals surface area contributed by atoms with Crippen LogP contribution in [-0.2, 0) is 0 Å². The van der Waals surface area contributed by atoms with Gasteiger partial charge >= 0.3 is 0 Å². The molecule has 3 aliphatic rings. The van der Waals surface area contributed by atoms with Crippen LogP contribution in [0.15, 0.2) is 47.6 Å². The van der Waals surface area contributed by atoms with Gasteiger partial charge in [0.05, 0.1) is 24.0 Å². The van der Waals surface area contributed by atoms with E-state index in [2.05, 4.69) is 59.0 Å². The van der Waals surface area contributed by atoms with Crippen LogP contribution < -0.4 is 9.64 Å². The van der Waals surface area contributed by atoms with Gasteiger partial charge in [-0.2, -0.15) is 0 Å². The van der Waals surface area contributed by atoms with E-state index < -0.39 is 0 Å². The Hall–Kier alpha value is -2.21. The lowest BCUT2D eigenvalue weighted by molar-refractivity contribution is 0.254. The molecule has 0 bridgehead atoms. The zero-order valence-electron chi connectivity index (χ0n) is 17.8. The number of ether oxygens (including phenoxy) is 1. The van der Waals surface area contributed by atoms with Crippen molar-refractivity contribution in [2.24, 2.45) is 4.99 Å². The Kier molecular flexibility index (Phi) is 5.59. The third-order valence-corrected chi connectivity index (χ3v) is 7.53. The first-order chi connectivity index (χ1) is 14.8. The van der Waals surface area contributed by atoms with Gasteiger partial charge in [0, 0.05) is 31.1 Å². The second kappa shape index (κ2) is 8.50. The van der Waals surface area contributed by atoms with Gasteiger partial charge in [0.15, 0.2) is 5.17 Å². The molecule has 3 aliphatic heterocycles. The van der Waals surface area contributed by atoms with E-state index in [1.54, 1.807) is 0 Å². The second-order valence-electron chi connectivity index (χ2n) is 8.19. The third-order valence-electron chi connectivity index (χ3n) is 6.40. The lowest BCUT2D eigenvalue weighted by Crippen LogP contribution is -2.35. The van der Waals surface area contributed by atoms with Crippen molar-refractivity contribution in [2.75, 3.05) is 30.3 Å². The molecule has 2 saturated heterocycles. The minimum Gasteiger partial charge on any atom is -0.492 e. The number of amidine groups is 1. The Morgan fingerprint density at radius 1 is 1.13 bits per heavy atom. The zero-order valence-corrected chi connectivity index (χ0v) is 18.6. The first-order valence-electron chi connectivity index (χ1n) is 11.2. The number of benzene rings is 1. The molecule has 1 aromatic carbocycles. The van der Waals surface area contributed by atoms with Crippen molar-refractivity contribution in [1.29, 1.82) is 0 Å². The largest absolute Gasteiger partial charge is 0.492 e. The van der Waals surface area contributed by atoms with Crippen LogP contribution in [0.4, 0.5) is 5.69 Å². The molecule has 30 heavy (non-hydrogen) atoms. The van der Waals surface area contributed by atoms with E-state index in [1.807, 2.05) is 24.0 Å². The maximum absolute atomic E-state index is 6.14. The van der Waals surface area contributed by atoms with Crippen molar-refractivity contribution in [3.8, 4) is 5.75 Å². The number of rotatable bonds is 6. The van der Waals surface area contributed by atoms with Crippen LogP contribution in [-0.4, -0.2) is 46.5 Å². The molecule has 5 nitrogen and oxygen atoms in total. The maximum Gasteiger partial charge on any atom is 0.160 e. The molecule has 3 atom stereocenters. The normalized spacial score (nSPS) is 25.5. The first kappa shape index (κ1) is 19.7. The van der Waals surface area contributed by atoms with Crippen molar-refractivity contribution in [3.63, 3.8) is 0 Å². The van der Waals surface area contributed by atoms with Crippen LogP contribution in [0.1, 0.15) is 56.5 Å². The number of aromatic nitrogens is 1. The highest BCUT2D eigenvalue weighted by Gasteiger charge is 2.45. The highest BCUT2D eigenvalue weighted by Crippen LogP contribution is 2.49. The molecule has 0 radical (unpaired) electrons.